The summed E-state index contributed by atoms with van der Waals surface area (Å²) in [6.45, 7) is 0. The van der Waals surface area contributed by atoms with Gasteiger partial charge in [0.1, 0.15) is 0 Å². The normalized spacial score (nSPS) is 11.6. The van der Waals surface area contributed by atoms with Gasteiger partial charge in [0, 0.05) is 22.0 Å². The molecule has 256 valence electrons. The summed E-state index contributed by atoms with van der Waals surface area (Å²) < 4.78 is 2.55. The van der Waals surface area contributed by atoms with Crippen LogP contribution in [0.2, 0.25) is 0 Å². The predicted molar refractivity (Wildman–Crippen MR) is 232 cm³/mol. The van der Waals surface area contributed by atoms with Gasteiger partial charge in [0.25, 0.3) is 0 Å². The first-order valence-corrected chi connectivity index (χ1v) is 19.0. The predicted octanol–water partition coefficient (Wildman–Crippen LogP) is 14.8. The molecule has 55 heavy (non-hydrogen) atoms. The van der Waals surface area contributed by atoms with E-state index in [1.54, 1.807) is 0 Å². The van der Waals surface area contributed by atoms with E-state index in [1.807, 2.05) is 0 Å². The maximum absolute atomic E-state index is 2.55. The summed E-state index contributed by atoms with van der Waals surface area (Å²) in [5.74, 6) is 0. The number of benzene rings is 9. The zero-order chi connectivity index (χ0) is 36.3. The smallest absolute Gasteiger partial charge is 0.0625 e. The topological polar surface area (TPSA) is 4.93 Å². The van der Waals surface area contributed by atoms with Gasteiger partial charge in [-0.25, -0.2) is 0 Å². The molecule has 1 heteroatoms. The van der Waals surface area contributed by atoms with Crippen molar-refractivity contribution in [2.75, 3.05) is 0 Å². The Balaban J connectivity index is 1.32. The second-order valence-corrected chi connectivity index (χ2v) is 14.5. The lowest BCUT2D eigenvalue weighted by molar-refractivity contribution is 1.18. The molecule has 11 rings (SSSR count). The molecule has 1 heterocycles. The summed E-state index contributed by atoms with van der Waals surface area (Å²) in [5.41, 5.74) is 20.7. The Morgan fingerprint density at radius 3 is 1.22 bits per heavy atom. The third-order valence-corrected chi connectivity index (χ3v) is 11.3. The van der Waals surface area contributed by atoms with Crippen LogP contribution in [0.1, 0.15) is 0 Å². The molecular formula is C54H35N. The van der Waals surface area contributed by atoms with E-state index in [-0.39, 0.29) is 0 Å². The molecule has 1 aromatic heterocycles. The van der Waals surface area contributed by atoms with E-state index >= 15 is 0 Å². The van der Waals surface area contributed by atoms with Gasteiger partial charge >= 0.3 is 0 Å². The second-order valence-electron chi connectivity index (χ2n) is 14.5. The van der Waals surface area contributed by atoms with Gasteiger partial charge in [0.05, 0.1) is 11.0 Å². The van der Waals surface area contributed by atoms with Gasteiger partial charge < -0.3 is 4.57 Å². The maximum atomic E-state index is 2.55. The molecule has 1 nitrogen and oxygen atoms in total. The highest BCUT2D eigenvalue weighted by Gasteiger charge is 2.27. The van der Waals surface area contributed by atoms with Crippen LogP contribution < -0.4 is 0 Å². The summed E-state index contributed by atoms with van der Waals surface area (Å²) in [5, 5.41) is 2.47. The van der Waals surface area contributed by atoms with Crippen LogP contribution in [-0.2, 0) is 0 Å². The number of rotatable bonds is 4. The number of nitrogens with zero attached hydrogens (tertiary/aromatic N) is 1. The van der Waals surface area contributed by atoms with Gasteiger partial charge in [-0.05, 0) is 103 Å². The van der Waals surface area contributed by atoms with Crippen molar-refractivity contribution in [2.24, 2.45) is 0 Å². The van der Waals surface area contributed by atoms with Crippen LogP contribution in [0.4, 0.5) is 0 Å². The average molecular weight is 698 g/mol. The molecule has 0 fully saturated rings. The van der Waals surface area contributed by atoms with Gasteiger partial charge in [-0.2, -0.15) is 0 Å². The molecule has 0 spiro atoms. The van der Waals surface area contributed by atoms with Crippen LogP contribution in [0.15, 0.2) is 212 Å². The molecule has 0 radical (unpaired) electrons. The van der Waals surface area contributed by atoms with E-state index in [0.29, 0.717) is 0 Å². The molecule has 0 bridgehead atoms. The lowest BCUT2D eigenvalue weighted by atomic mass is 9.80. The largest absolute Gasteiger partial charge is 0.309 e. The molecule has 0 atom stereocenters. The molecule has 0 aliphatic heterocycles. The molecule has 1 aliphatic rings. The van der Waals surface area contributed by atoms with Crippen LogP contribution >= 0.6 is 0 Å². The van der Waals surface area contributed by atoms with Crippen LogP contribution in [0.25, 0.3) is 105 Å². The van der Waals surface area contributed by atoms with Gasteiger partial charge in [-0.3, -0.25) is 0 Å². The van der Waals surface area contributed by atoms with E-state index in [9.17, 15) is 0 Å². The highest BCUT2D eigenvalue weighted by molar-refractivity contribution is 6.19. The van der Waals surface area contributed by atoms with E-state index in [4.69, 9.17) is 0 Å². The minimum Gasteiger partial charge on any atom is -0.309 e. The van der Waals surface area contributed by atoms with Gasteiger partial charge in [0.2, 0.25) is 0 Å². The quantitative estimate of drug-likeness (QED) is 0.173. The molecule has 0 saturated heterocycles. The van der Waals surface area contributed by atoms with Crippen LogP contribution in [-0.4, -0.2) is 4.57 Å². The van der Waals surface area contributed by atoms with Crippen molar-refractivity contribution in [1.82, 2.24) is 4.57 Å². The van der Waals surface area contributed by atoms with Crippen molar-refractivity contribution in [3.8, 4) is 83.6 Å². The zero-order valence-corrected chi connectivity index (χ0v) is 30.2. The maximum Gasteiger partial charge on any atom is 0.0625 e. The Morgan fingerprint density at radius 2 is 0.691 bits per heavy atom. The summed E-state index contributed by atoms with van der Waals surface area (Å²) in [6.07, 6.45) is 0. The first kappa shape index (κ1) is 31.3. The molecule has 0 saturated carbocycles. The Labute approximate surface area is 321 Å². The van der Waals surface area contributed by atoms with Crippen LogP contribution in [0.5, 0.6) is 0 Å². The number of fused-ring (bicyclic) bond motifs is 12. The average Bonchev–Trinajstić information content (AvgIpc) is 3.60. The number of hydrogen-bond acceptors (Lipinski definition) is 0. The molecule has 10 aromatic rings. The van der Waals surface area contributed by atoms with Crippen LogP contribution in [0.3, 0.4) is 0 Å². The summed E-state index contributed by atoms with van der Waals surface area (Å²) in [4.78, 5) is 0. The van der Waals surface area contributed by atoms with Crippen molar-refractivity contribution in [3.63, 3.8) is 0 Å². The molecular weight excluding hydrogens is 663 g/mol. The van der Waals surface area contributed by atoms with Crippen molar-refractivity contribution >= 4 is 21.8 Å². The van der Waals surface area contributed by atoms with Crippen LogP contribution in [0, 0.1) is 0 Å². The Bertz CT molecular complexity index is 3000. The van der Waals surface area contributed by atoms with E-state index in [2.05, 4.69) is 217 Å². The lowest BCUT2D eigenvalue weighted by Crippen LogP contribution is -2.01. The highest BCUT2D eigenvalue weighted by atomic mass is 15.0. The minimum atomic E-state index is 1.13. The molecule has 0 unspecified atom stereocenters. The van der Waals surface area contributed by atoms with Crippen molar-refractivity contribution in [3.05, 3.63) is 212 Å². The lowest BCUT2D eigenvalue weighted by Gasteiger charge is -2.24. The van der Waals surface area contributed by atoms with E-state index in [1.165, 1.54) is 99.7 Å². The minimum absolute atomic E-state index is 1.13. The molecule has 0 amide bonds. The monoisotopic (exact) mass is 697 g/mol. The fourth-order valence-corrected chi connectivity index (χ4v) is 8.86. The zero-order valence-electron chi connectivity index (χ0n) is 30.2. The fraction of sp³-hybridized carbons (Fsp3) is 0. The summed E-state index contributed by atoms with van der Waals surface area (Å²) in [6, 6.07) is 78.0. The van der Waals surface area contributed by atoms with Crippen molar-refractivity contribution < 1.29 is 0 Å². The third-order valence-electron chi connectivity index (χ3n) is 11.3. The second kappa shape index (κ2) is 12.7. The first-order chi connectivity index (χ1) is 27.3. The fourth-order valence-electron chi connectivity index (χ4n) is 8.86. The summed E-state index contributed by atoms with van der Waals surface area (Å²) >= 11 is 0. The molecule has 1 aliphatic carbocycles. The molecule has 9 aromatic carbocycles. The SMILES string of the molecule is c1ccc(-c2cc(-c3ccccc3)cc(-n3c4ccc(-c5ccccc5)cc4c4ccc5c(c43)-c3ccccc3-c3ccccc3-c3ccccc3-5)c2)cc1. The number of aromatic nitrogens is 1. The number of hydrogen-bond donors (Lipinski definition) is 0. The molecule has 0 N–H and O–H groups in total. The van der Waals surface area contributed by atoms with Crippen molar-refractivity contribution in [1.29, 1.82) is 0 Å². The third kappa shape index (κ3) is 5.09. The van der Waals surface area contributed by atoms with Gasteiger partial charge in [-0.15, -0.1) is 0 Å². The standard InChI is InChI=1S/C54H35N/c1-4-16-36(17-5-1)39-28-31-52-51(35-39)50-30-29-49-47-26-13-12-24-45(47)43-22-10-11-23-44(43)46-25-14-15-27-48(46)53(49)54(50)55(52)42-33-40(37-18-6-2-7-19-37)32-41(34-42)38-20-8-3-9-21-38/h1-35H. The Hall–Kier alpha value is -7.22. The highest BCUT2D eigenvalue weighted by Crippen LogP contribution is 2.51. The summed E-state index contributed by atoms with van der Waals surface area (Å²) in [7, 11) is 0. The van der Waals surface area contributed by atoms with E-state index < -0.39 is 0 Å². The van der Waals surface area contributed by atoms with Gasteiger partial charge in [-0.1, -0.05) is 182 Å². The van der Waals surface area contributed by atoms with Gasteiger partial charge in [0.15, 0.2) is 0 Å². The first-order valence-electron chi connectivity index (χ1n) is 19.0. The van der Waals surface area contributed by atoms with Crippen molar-refractivity contribution in [2.45, 2.75) is 0 Å². The Kier molecular flexibility index (Phi) is 7.25. The van der Waals surface area contributed by atoms with E-state index in [0.717, 1.165) is 5.69 Å². The Morgan fingerprint density at radius 1 is 0.255 bits per heavy atom.